The van der Waals surface area contributed by atoms with Crippen LogP contribution >= 0.6 is 0 Å². The fourth-order valence-electron chi connectivity index (χ4n) is 2.86. The minimum absolute atomic E-state index is 0.0982. The molecular weight excluding hydrogens is 426 g/mol. The lowest BCUT2D eigenvalue weighted by Crippen LogP contribution is -2.38. The Balaban J connectivity index is 1.58. The molecule has 1 aromatic heterocycles. The summed E-state index contributed by atoms with van der Waals surface area (Å²) in [7, 11) is -3.91. The molecule has 7 nitrogen and oxygen atoms in total. The van der Waals surface area contributed by atoms with Gasteiger partial charge in [0, 0.05) is 18.2 Å². The van der Waals surface area contributed by atoms with Crippen LogP contribution in [0.5, 0.6) is 0 Å². The van der Waals surface area contributed by atoms with Crippen LogP contribution in [0.15, 0.2) is 65.8 Å². The summed E-state index contributed by atoms with van der Waals surface area (Å²) < 4.78 is 54.8. The molecule has 0 aliphatic heterocycles. The number of nitrogens with one attached hydrogen (secondary N) is 2. The minimum atomic E-state index is -3.91. The van der Waals surface area contributed by atoms with E-state index in [-0.39, 0.29) is 35.4 Å². The zero-order valence-electron chi connectivity index (χ0n) is 17.0. The smallest absolute Gasteiger partial charge is 0.261 e. The van der Waals surface area contributed by atoms with E-state index in [1.165, 1.54) is 29.2 Å². The number of nitrogens with zero attached hydrogens (tertiary/aromatic N) is 2. The normalized spacial score (nSPS) is 11.9. The highest BCUT2D eigenvalue weighted by molar-refractivity contribution is 7.92. The van der Waals surface area contributed by atoms with E-state index < -0.39 is 21.3 Å². The Bertz CT molecular complexity index is 1180. The van der Waals surface area contributed by atoms with Crippen molar-refractivity contribution in [3.05, 3.63) is 78.1 Å². The molecule has 0 unspecified atom stereocenters. The minimum Gasteiger partial charge on any atom is -0.354 e. The van der Waals surface area contributed by atoms with E-state index in [0.29, 0.717) is 0 Å². The van der Waals surface area contributed by atoms with Gasteiger partial charge in [-0.3, -0.25) is 14.2 Å². The summed E-state index contributed by atoms with van der Waals surface area (Å²) in [5.74, 6) is -1.22. The summed E-state index contributed by atoms with van der Waals surface area (Å²) in [6.45, 7) is 3.93. The van der Waals surface area contributed by atoms with Crippen molar-refractivity contribution >= 4 is 21.6 Å². The van der Waals surface area contributed by atoms with Gasteiger partial charge in [0.15, 0.2) is 0 Å². The van der Waals surface area contributed by atoms with Crippen molar-refractivity contribution in [1.82, 2.24) is 15.1 Å². The molecule has 164 valence electrons. The topological polar surface area (TPSA) is 93.1 Å². The second-order valence-electron chi connectivity index (χ2n) is 7.66. The van der Waals surface area contributed by atoms with Crippen LogP contribution in [0.1, 0.15) is 19.4 Å². The van der Waals surface area contributed by atoms with Gasteiger partial charge in [0.05, 0.1) is 16.8 Å². The molecule has 3 rings (SSSR count). The number of sulfonamides is 1. The molecule has 3 aromatic rings. The molecule has 10 heteroatoms. The lowest BCUT2D eigenvalue weighted by molar-refractivity contribution is -0.122. The van der Waals surface area contributed by atoms with Gasteiger partial charge in [0.2, 0.25) is 5.91 Å². The molecule has 0 saturated carbocycles. The van der Waals surface area contributed by atoms with Crippen LogP contribution < -0.4 is 10.0 Å². The average molecular weight is 448 g/mol. The Hall–Kier alpha value is -3.27. The quantitative estimate of drug-likeness (QED) is 0.554. The predicted molar refractivity (Wildman–Crippen MR) is 112 cm³/mol. The third-order valence-electron chi connectivity index (χ3n) is 4.65. The van der Waals surface area contributed by atoms with Gasteiger partial charge in [0.1, 0.15) is 18.2 Å². The van der Waals surface area contributed by atoms with Gasteiger partial charge in [-0.15, -0.1) is 0 Å². The number of halogens is 2. The molecule has 0 atom stereocenters. The number of hydrogen-bond acceptors (Lipinski definition) is 4. The third-order valence-corrected chi connectivity index (χ3v) is 6.05. The van der Waals surface area contributed by atoms with Crippen LogP contribution in [0.3, 0.4) is 0 Å². The maximum absolute atomic E-state index is 13.5. The SMILES string of the molecule is CC(C)(CNC(=O)Cn1cc(NS(=O)(=O)c2ccc(F)cc2)cn1)c1cccc(F)c1. The Morgan fingerprint density at radius 3 is 2.48 bits per heavy atom. The summed E-state index contributed by atoms with van der Waals surface area (Å²) in [6, 6.07) is 10.6. The fraction of sp³-hybridized carbons (Fsp3) is 0.238. The number of carbonyl (C=O) groups is 1. The van der Waals surface area contributed by atoms with Gasteiger partial charge < -0.3 is 5.32 Å². The lowest BCUT2D eigenvalue weighted by atomic mass is 9.84. The Labute approximate surface area is 179 Å². The largest absolute Gasteiger partial charge is 0.354 e. The molecule has 1 heterocycles. The summed E-state index contributed by atoms with van der Waals surface area (Å²) in [6.07, 6.45) is 2.64. The van der Waals surface area contributed by atoms with Crippen molar-refractivity contribution in [1.29, 1.82) is 0 Å². The lowest BCUT2D eigenvalue weighted by Gasteiger charge is -2.25. The van der Waals surface area contributed by atoms with Gasteiger partial charge in [-0.05, 0) is 42.0 Å². The second kappa shape index (κ2) is 8.84. The van der Waals surface area contributed by atoms with Crippen molar-refractivity contribution in [3.63, 3.8) is 0 Å². The molecule has 1 amide bonds. The molecule has 2 N–H and O–H groups in total. The maximum Gasteiger partial charge on any atom is 0.261 e. The van der Waals surface area contributed by atoms with E-state index in [9.17, 15) is 22.0 Å². The number of hydrogen-bond donors (Lipinski definition) is 2. The van der Waals surface area contributed by atoms with E-state index in [1.54, 1.807) is 12.1 Å². The Morgan fingerprint density at radius 1 is 1.10 bits per heavy atom. The second-order valence-corrected chi connectivity index (χ2v) is 9.34. The number of anilines is 1. The number of rotatable bonds is 8. The molecule has 0 aliphatic carbocycles. The Kier molecular flexibility index (Phi) is 6.40. The molecule has 2 aromatic carbocycles. The molecule has 0 spiro atoms. The molecule has 0 radical (unpaired) electrons. The number of carbonyl (C=O) groups excluding carboxylic acids is 1. The fourth-order valence-corrected chi connectivity index (χ4v) is 3.89. The van der Waals surface area contributed by atoms with Crippen molar-refractivity contribution in [2.45, 2.75) is 30.7 Å². The first-order valence-corrected chi connectivity index (χ1v) is 10.9. The molecular formula is C21H22F2N4O3S. The van der Waals surface area contributed by atoms with Crippen LogP contribution in [0.25, 0.3) is 0 Å². The zero-order chi connectivity index (χ0) is 22.6. The highest BCUT2D eigenvalue weighted by atomic mass is 32.2. The first-order valence-electron chi connectivity index (χ1n) is 9.39. The zero-order valence-corrected chi connectivity index (χ0v) is 17.8. The predicted octanol–water partition coefficient (Wildman–Crippen LogP) is 3.06. The van der Waals surface area contributed by atoms with Gasteiger partial charge >= 0.3 is 0 Å². The number of amides is 1. The van der Waals surface area contributed by atoms with Crippen molar-refractivity contribution in [2.75, 3.05) is 11.3 Å². The number of aromatic nitrogens is 2. The van der Waals surface area contributed by atoms with Crippen LogP contribution in [0.4, 0.5) is 14.5 Å². The summed E-state index contributed by atoms with van der Waals surface area (Å²) in [5.41, 5.74) is 0.430. The summed E-state index contributed by atoms with van der Waals surface area (Å²) >= 11 is 0. The van der Waals surface area contributed by atoms with E-state index in [2.05, 4.69) is 15.1 Å². The van der Waals surface area contributed by atoms with E-state index in [0.717, 1.165) is 29.8 Å². The van der Waals surface area contributed by atoms with Crippen LogP contribution in [-0.2, 0) is 26.8 Å². The van der Waals surface area contributed by atoms with Gasteiger partial charge in [-0.2, -0.15) is 5.10 Å². The third kappa shape index (κ3) is 5.88. The van der Waals surface area contributed by atoms with Crippen LogP contribution in [0, 0.1) is 11.6 Å². The highest BCUT2D eigenvalue weighted by Gasteiger charge is 2.22. The van der Waals surface area contributed by atoms with Gasteiger partial charge in [-0.1, -0.05) is 26.0 Å². The van der Waals surface area contributed by atoms with E-state index in [1.807, 2.05) is 13.8 Å². The molecule has 0 bridgehead atoms. The first-order chi connectivity index (χ1) is 14.5. The summed E-state index contributed by atoms with van der Waals surface area (Å²) in [4.78, 5) is 12.2. The van der Waals surface area contributed by atoms with Crippen LogP contribution in [-0.4, -0.2) is 30.7 Å². The molecule has 0 aliphatic rings. The molecule has 0 fully saturated rings. The average Bonchev–Trinajstić information content (AvgIpc) is 3.13. The highest BCUT2D eigenvalue weighted by Crippen LogP contribution is 2.23. The van der Waals surface area contributed by atoms with Crippen LogP contribution in [0.2, 0.25) is 0 Å². The van der Waals surface area contributed by atoms with Crippen molar-refractivity contribution in [3.8, 4) is 0 Å². The first kappa shape index (κ1) is 22.4. The van der Waals surface area contributed by atoms with E-state index in [4.69, 9.17) is 0 Å². The molecule has 31 heavy (non-hydrogen) atoms. The summed E-state index contributed by atoms with van der Waals surface area (Å²) in [5, 5.41) is 6.76. The maximum atomic E-state index is 13.5. The van der Waals surface area contributed by atoms with Crippen molar-refractivity contribution in [2.24, 2.45) is 0 Å². The van der Waals surface area contributed by atoms with Crippen molar-refractivity contribution < 1.29 is 22.0 Å². The Morgan fingerprint density at radius 2 is 1.81 bits per heavy atom. The monoisotopic (exact) mass is 448 g/mol. The molecule has 0 saturated heterocycles. The van der Waals surface area contributed by atoms with E-state index >= 15 is 0 Å². The standard InChI is InChI=1S/C21H22F2N4O3S/c1-21(2,15-4-3-5-17(23)10-15)14-24-20(28)13-27-12-18(11-25-27)26-31(29,30)19-8-6-16(22)7-9-19/h3-12,26H,13-14H2,1-2H3,(H,24,28). The van der Waals surface area contributed by atoms with Gasteiger partial charge in [0.25, 0.3) is 10.0 Å². The number of benzene rings is 2. The van der Waals surface area contributed by atoms with Gasteiger partial charge in [-0.25, -0.2) is 17.2 Å².